The van der Waals surface area contributed by atoms with Crippen molar-refractivity contribution in [3.8, 4) is 5.75 Å². The van der Waals surface area contributed by atoms with Crippen LogP contribution < -0.4 is 4.74 Å². The molecule has 0 aliphatic carbocycles. The number of non-ortho nitro benzene ring substituents is 1. The molecule has 3 atom stereocenters. The maximum absolute atomic E-state index is 14.1. The standard InChI is InChI=1S/C35H36N2O8S3/c1-6-47-32-27(21(2)38)31(40)36(32)28(34(46)44-20-22-12-16-24(17-13-22)37(42)43)29(30(39)35(3,4)5)45-25-18-14-23(15-19-25)33(41)48-26-10-8-7-9-11-26/h7-19,21,27,32,38H,6,20H2,1-5H3/t21-,27+,32-/m1/s1. The molecule has 10 nitrogen and oxygen atoms in total. The summed E-state index contributed by atoms with van der Waals surface area (Å²) in [6.45, 7) is 8.44. The summed E-state index contributed by atoms with van der Waals surface area (Å²) in [5.74, 6) is -1.07. The fourth-order valence-corrected chi connectivity index (χ4v) is 6.99. The number of carbonyl (C=O) groups is 3. The predicted octanol–water partition coefficient (Wildman–Crippen LogP) is 7.20. The minimum Gasteiger partial charge on any atom is -0.477 e. The number of hydrogen-bond donors (Lipinski definition) is 1. The third-order valence-electron chi connectivity index (χ3n) is 7.26. The number of nitro benzene ring substituents is 1. The zero-order valence-corrected chi connectivity index (χ0v) is 29.5. The molecule has 4 rings (SSSR count). The molecule has 1 heterocycles. The van der Waals surface area contributed by atoms with Crippen molar-refractivity contribution in [1.29, 1.82) is 0 Å². The van der Waals surface area contributed by atoms with E-state index < -0.39 is 39.4 Å². The van der Waals surface area contributed by atoms with Gasteiger partial charge in [-0.3, -0.25) is 29.4 Å². The van der Waals surface area contributed by atoms with Crippen molar-refractivity contribution in [2.45, 2.75) is 57.6 Å². The molecule has 48 heavy (non-hydrogen) atoms. The Labute approximate surface area is 293 Å². The minimum absolute atomic E-state index is 0.0560. The molecule has 1 aliphatic rings. The van der Waals surface area contributed by atoms with E-state index in [0.29, 0.717) is 16.9 Å². The van der Waals surface area contributed by atoms with Crippen LogP contribution in [0.2, 0.25) is 0 Å². The molecular formula is C35H36N2O8S3. The average molecular weight is 709 g/mol. The Balaban J connectivity index is 1.74. The number of thioether (sulfide) groups is 2. The number of nitro groups is 1. The highest BCUT2D eigenvalue weighted by Gasteiger charge is 2.54. The number of allylic oxidation sites excluding steroid dienone is 1. The van der Waals surface area contributed by atoms with Crippen LogP contribution in [0.15, 0.2) is 95.2 Å². The van der Waals surface area contributed by atoms with Crippen LogP contribution in [0.4, 0.5) is 5.69 Å². The quantitative estimate of drug-likeness (QED) is 0.0367. The molecule has 13 heteroatoms. The van der Waals surface area contributed by atoms with Gasteiger partial charge in [0.05, 0.1) is 22.3 Å². The van der Waals surface area contributed by atoms with E-state index in [9.17, 15) is 29.6 Å². The molecule has 1 aliphatic heterocycles. The van der Waals surface area contributed by atoms with Crippen molar-refractivity contribution >= 4 is 63.3 Å². The maximum atomic E-state index is 14.1. The van der Waals surface area contributed by atoms with Crippen LogP contribution in [0.5, 0.6) is 5.75 Å². The number of Topliss-reactive ketones (excluding diaryl/α,β-unsaturated/α-hetero) is 1. The molecule has 0 spiro atoms. The molecule has 1 N–H and O–H groups in total. The van der Waals surface area contributed by atoms with Gasteiger partial charge in [-0.2, -0.15) is 0 Å². The van der Waals surface area contributed by atoms with Gasteiger partial charge in [-0.15, -0.1) is 11.8 Å². The van der Waals surface area contributed by atoms with Crippen LogP contribution in [-0.2, 0) is 20.9 Å². The number of hydrogen-bond acceptors (Lipinski definition) is 11. The van der Waals surface area contributed by atoms with Crippen molar-refractivity contribution in [2.24, 2.45) is 11.3 Å². The lowest BCUT2D eigenvalue weighted by molar-refractivity contribution is -0.384. The maximum Gasteiger partial charge on any atom is 0.269 e. The molecule has 0 aromatic heterocycles. The third-order valence-corrected chi connectivity index (χ3v) is 9.68. The second kappa shape index (κ2) is 15.9. The summed E-state index contributed by atoms with van der Waals surface area (Å²) in [5.41, 5.74) is -0.143. The topological polar surface area (TPSA) is 136 Å². The number of ether oxygens (including phenoxy) is 2. The number of rotatable bonds is 13. The Morgan fingerprint density at radius 3 is 2.21 bits per heavy atom. The summed E-state index contributed by atoms with van der Waals surface area (Å²) < 4.78 is 12.2. The smallest absolute Gasteiger partial charge is 0.269 e. The molecule has 1 saturated heterocycles. The first-order chi connectivity index (χ1) is 22.7. The zero-order chi connectivity index (χ0) is 35.2. The van der Waals surface area contributed by atoms with Crippen molar-refractivity contribution in [3.05, 3.63) is 112 Å². The van der Waals surface area contributed by atoms with E-state index in [4.69, 9.17) is 21.7 Å². The van der Waals surface area contributed by atoms with Gasteiger partial charge in [-0.1, -0.05) is 45.9 Å². The highest BCUT2D eigenvalue weighted by atomic mass is 32.2. The summed E-state index contributed by atoms with van der Waals surface area (Å²) >= 11 is 8.22. The summed E-state index contributed by atoms with van der Waals surface area (Å²) in [4.78, 5) is 53.4. The number of benzene rings is 3. The fourth-order valence-electron chi connectivity index (χ4n) is 4.72. The number of thiocarbonyl (C=S) groups is 1. The number of β-lactam (4-membered cyclic amide) rings is 1. The number of ketones is 1. The normalized spacial score (nSPS) is 17.1. The number of nitrogens with zero attached hydrogens (tertiary/aromatic N) is 2. The van der Waals surface area contributed by atoms with Gasteiger partial charge in [-0.25, -0.2) is 0 Å². The molecule has 0 radical (unpaired) electrons. The Hall–Kier alpha value is -4.04. The third kappa shape index (κ3) is 8.70. The van der Waals surface area contributed by atoms with E-state index >= 15 is 0 Å². The lowest BCUT2D eigenvalue weighted by Crippen LogP contribution is -2.63. The second-order valence-electron chi connectivity index (χ2n) is 11.9. The van der Waals surface area contributed by atoms with E-state index in [0.717, 1.165) is 16.7 Å². The molecule has 1 fully saturated rings. The minimum atomic E-state index is -0.984. The molecule has 3 aromatic carbocycles. The van der Waals surface area contributed by atoms with Gasteiger partial charge in [0.25, 0.3) is 5.69 Å². The Bertz CT molecular complexity index is 1700. The molecule has 0 unspecified atom stereocenters. The predicted molar refractivity (Wildman–Crippen MR) is 190 cm³/mol. The zero-order valence-electron chi connectivity index (χ0n) is 27.1. The van der Waals surface area contributed by atoms with Gasteiger partial charge < -0.3 is 14.6 Å². The summed E-state index contributed by atoms with van der Waals surface area (Å²) in [6, 6.07) is 21.2. The van der Waals surface area contributed by atoms with Crippen LogP contribution in [0.3, 0.4) is 0 Å². The van der Waals surface area contributed by atoms with Crippen LogP contribution in [0.1, 0.15) is 50.5 Å². The molecule has 3 aromatic rings. The lowest BCUT2D eigenvalue weighted by Gasteiger charge is -2.48. The number of aliphatic hydroxyl groups is 1. The van der Waals surface area contributed by atoms with E-state index in [-0.39, 0.29) is 39.7 Å². The molecule has 252 valence electrons. The van der Waals surface area contributed by atoms with E-state index in [2.05, 4.69) is 0 Å². The Morgan fingerprint density at radius 2 is 1.67 bits per heavy atom. The van der Waals surface area contributed by atoms with E-state index in [1.54, 1.807) is 45.0 Å². The first-order valence-corrected chi connectivity index (χ1v) is 17.4. The van der Waals surface area contributed by atoms with Gasteiger partial charge in [0, 0.05) is 28.0 Å². The molecule has 1 amide bonds. The number of likely N-dealkylation sites (tertiary alicyclic amines) is 1. The van der Waals surface area contributed by atoms with Crippen LogP contribution >= 0.6 is 35.7 Å². The van der Waals surface area contributed by atoms with Crippen LogP contribution in [-0.4, -0.2) is 54.0 Å². The van der Waals surface area contributed by atoms with Crippen LogP contribution in [0.25, 0.3) is 0 Å². The first-order valence-electron chi connectivity index (χ1n) is 15.1. The highest BCUT2D eigenvalue weighted by Crippen LogP contribution is 2.42. The first kappa shape index (κ1) is 36.8. The van der Waals surface area contributed by atoms with E-state index in [1.165, 1.54) is 47.9 Å². The second-order valence-corrected chi connectivity index (χ2v) is 14.7. The fraction of sp³-hybridized carbons (Fsp3) is 0.314. The summed E-state index contributed by atoms with van der Waals surface area (Å²) in [6.07, 6.45) is -0.963. The van der Waals surface area contributed by atoms with Crippen molar-refractivity contribution in [3.63, 3.8) is 0 Å². The largest absolute Gasteiger partial charge is 0.477 e. The summed E-state index contributed by atoms with van der Waals surface area (Å²) in [7, 11) is 0. The number of amides is 1. The van der Waals surface area contributed by atoms with Crippen molar-refractivity contribution in [2.75, 3.05) is 5.75 Å². The molecular weight excluding hydrogens is 673 g/mol. The van der Waals surface area contributed by atoms with E-state index in [1.807, 2.05) is 37.3 Å². The molecule has 0 saturated carbocycles. The number of carbonyl (C=O) groups excluding carboxylic acids is 3. The SMILES string of the molecule is CCS[C@@H]1[C@@H]([C@@H](C)O)C(=O)N1C(C(=S)OCc1ccc([N+](=O)[O-])cc1)=C(Oc1ccc(C(=O)Sc2ccccc2)cc1)C(=O)C(C)(C)C. The van der Waals surface area contributed by atoms with Gasteiger partial charge in [0.1, 0.15) is 18.1 Å². The monoisotopic (exact) mass is 708 g/mol. The highest BCUT2D eigenvalue weighted by molar-refractivity contribution is 8.14. The van der Waals surface area contributed by atoms with Crippen molar-refractivity contribution in [1.82, 2.24) is 4.90 Å². The Morgan fingerprint density at radius 1 is 1.04 bits per heavy atom. The number of aliphatic hydroxyl groups excluding tert-OH is 1. The van der Waals surface area contributed by atoms with Gasteiger partial charge >= 0.3 is 0 Å². The summed E-state index contributed by atoms with van der Waals surface area (Å²) in [5, 5.41) is 20.6. The van der Waals surface area contributed by atoms with Gasteiger partial charge in [0.15, 0.2) is 5.76 Å². The van der Waals surface area contributed by atoms with Gasteiger partial charge in [0.2, 0.25) is 21.9 Å². The van der Waals surface area contributed by atoms with Crippen LogP contribution in [0, 0.1) is 21.4 Å². The molecule has 0 bridgehead atoms. The van der Waals surface area contributed by atoms with Crippen molar-refractivity contribution < 1.29 is 33.9 Å². The van der Waals surface area contributed by atoms with Gasteiger partial charge in [-0.05, 0) is 90.8 Å². The Kier molecular flexibility index (Phi) is 12.2. The average Bonchev–Trinajstić information content (AvgIpc) is 3.05. The lowest BCUT2D eigenvalue weighted by atomic mass is 9.87.